The summed E-state index contributed by atoms with van der Waals surface area (Å²) in [6, 6.07) is 8.42. The van der Waals surface area contributed by atoms with Crippen LogP contribution in [0.4, 0.5) is 0 Å². The number of hydrogen-bond donors (Lipinski definition) is 1. The average Bonchev–Trinajstić information content (AvgIpc) is 2.69. The molecule has 0 aromatic heterocycles. The first-order chi connectivity index (χ1) is 11.0. The molecule has 1 N–H and O–H groups in total. The van der Waals surface area contributed by atoms with E-state index >= 15 is 0 Å². The van der Waals surface area contributed by atoms with E-state index in [1.165, 1.54) is 11.8 Å². The largest absolute Gasteiger partial charge is 0.493 e. The van der Waals surface area contributed by atoms with Gasteiger partial charge in [-0.2, -0.15) is 0 Å². The monoisotopic (exact) mass is 338 g/mol. The van der Waals surface area contributed by atoms with Crippen LogP contribution in [0.3, 0.4) is 0 Å². The highest BCUT2D eigenvalue weighted by molar-refractivity contribution is 7.88. The second kappa shape index (κ2) is 7.20. The predicted octanol–water partition coefficient (Wildman–Crippen LogP) is 1.64. The van der Waals surface area contributed by atoms with Crippen LogP contribution in [0.2, 0.25) is 0 Å². The van der Waals surface area contributed by atoms with Crippen molar-refractivity contribution in [2.45, 2.75) is 31.7 Å². The van der Waals surface area contributed by atoms with E-state index in [0.29, 0.717) is 5.92 Å². The fourth-order valence-corrected chi connectivity index (χ4v) is 4.46. The van der Waals surface area contributed by atoms with Crippen molar-refractivity contribution < 1.29 is 13.2 Å². The van der Waals surface area contributed by atoms with Gasteiger partial charge in [-0.1, -0.05) is 18.2 Å². The van der Waals surface area contributed by atoms with E-state index in [0.717, 1.165) is 57.7 Å². The number of likely N-dealkylation sites (tertiary alicyclic amines) is 1. The number of nitrogens with zero attached hydrogens (tertiary/aromatic N) is 1. The summed E-state index contributed by atoms with van der Waals surface area (Å²) in [5.41, 5.74) is 1.31. The molecule has 23 heavy (non-hydrogen) atoms. The van der Waals surface area contributed by atoms with Gasteiger partial charge in [0.05, 0.1) is 12.9 Å². The third kappa shape index (κ3) is 4.93. The van der Waals surface area contributed by atoms with Crippen molar-refractivity contribution >= 4 is 10.0 Å². The Balaban J connectivity index is 1.51. The molecule has 0 radical (unpaired) electrons. The van der Waals surface area contributed by atoms with Crippen LogP contribution in [0.25, 0.3) is 0 Å². The molecule has 1 fully saturated rings. The number of benzene rings is 1. The fourth-order valence-electron chi connectivity index (χ4n) is 3.62. The van der Waals surface area contributed by atoms with Crippen LogP contribution < -0.4 is 9.46 Å². The fraction of sp³-hybridized carbons (Fsp3) is 0.647. The van der Waals surface area contributed by atoms with Gasteiger partial charge < -0.3 is 9.64 Å². The van der Waals surface area contributed by atoms with Crippen LogP contribution in [-0.4, -0.2) is 51.9 Å². The maximum Gasteiger partial charge on any atom is 0.208 e. The summed E-state index contributed by atoms with van der Waals surface area (Å²) >= 11 is 0. The lowest BCUT2D eigenvalue weighted by Gasteiger charge is -2.34. The van der Waals surface area contributed by atoms with Crippen molar-refractivity contribution in [3.05, 3.63) is 29.8 Å². The standard InChI is InChI=1S/C17H26N2O3S/c1-23(20,21)18-16-6-9-19(10-7-16)13-14-8-11-22-17-5-3-2-4-15(17)12-14/h2-5,14,16,18H,6-13H2,1H3/t14-/m1/s1. The van der Waals surface area contributed by atoms with Crippen LogP contribution in [0.15, 0.2) is 24.3 Å². The highest BCUT2D eigenvalue weighted by Gasteiger charge is 2.25. The molecule has 0 saturated carbocycles. The van der Waals surface area contributed by atoms with Crippen LogP contribution in [0, 0.1) is 5.92 Å². The molecule has 0 unspecified atom stereocenters. The quantitative estimate of drug-likeness (QED) is 0.907. The van der Waals surface area contributed by atoms with Crippen LogP contribution >= 0.6 is 0 Å². The van der Waals surface area contributed by atoms with Gasteiger partial charge in [0, 0.05) is 12.6 Å². The molecule has 1 saturated heterocycles. The average molecular weight is 338 g/mol. The summed E-state index contributed by atoms with van der Waals surface area (Å²) in [5, 5.41) is 0. The van der Waals surface area contributed by atoms with Gasteiger partial charge >= 0.3 is 0 Å². The minimum absolute atomic E-state index is 0.0967. The van der Waals surface area contributed by atoms with Crippen LogP contribution in [0.1, 0.15) is 24.8 Å². The van der Waals surface area contributed by atoms with Gasteiger partial charge in [0.25, 0.3) is 0 Å². The number of piperidine rings is 1. The van der Waals surface area contributed by atoms with Crippen LogP contribution in [0.5, 0.6) is 5.75 Å². The zero-order valence-electron chi connectivity index (χ0n) is 13.7. The SMILES string of the molecule is CS(=O)(=O)NC1CCN(C[C@@H]2CCOc3ccccc3C2)CC1. The second-order valence-electron chi connectivity index (χ2n) is 6.78. The molecule has 1 aromatic rings. The third-order valence-electron chi connectivity index (χ3n) is 4.75. The topological polar surface area (TPSA) is 58.6 Å². The number of sulfonamides is 1. The lowest BCUT2D eigenvalue weighted by atomic mass is 9.95. The molecule has 1 atom stereocenters. The molecule has 5 nitrogen and oxygen atoms in total. The molecule has 3 rings (SSSR count). The molecule has 1 aromatic carbocycles. The van der Waals surface area contributed by atoms with Gasteiger partial charge in [-0.25, -0.2) is 13.1 Å². The van der Waals surface area contributed by atoms with E-state index in [4.69, 9.17) is 4.74 Å². The summed E-state index contributed by atoms with van der Waals surface area (Å²) < 4.78 is 31.2. The highest BCUT2D eigenvalue weighted by atomic mass is 32.2. The van der Waals surface area contributed by atoms with Crippen molar-refractivity contribution in [3.63, 3.8) is 0 Å². The lowest BCUT2D eigenvalue weighted by Crippen LogP contribution is -2.45. The summed E-state index contributed by atoms with van der Waals surface area (Å²) in [4.78, 5) is 2.47. The van der Waals surface area contributed by atoms with Gasteiger partial charge in [0.1, 0.15) is 5.75 Å². The minimum Gasteiger partial charge on any atom is -0.493 e. The number of para-hydroxylation sites is 1. The Hall–Kier alpha value is -1.11. The molecular formula is C17H26N2O3S. The summed E-state index contributed by atoms with van der Waals surface area (Å²) in [6.45, 7) is 3.79. The van der Waals surface area contributed by atoms with Gasteiger partial charge in [-0.15, -0.1) is 0 Å². The lowest BCUT2D eigenvalue weighted by molar-refractivity contribution is 0.169. The molecule has 2 aliphatic heterocycles. The molecule has 2 heterocycles. The third-order valence-corrected chi connectivity index (χ3v) is 5.51. The Bertz CT molecular complexity index is 624. The number of nitrogens with one attached hydrogen (secondary N) is 1. The Morgan fingerprint density at radius 2 is 1.96 bits per heavy atom. The van der Waals surface area contributed by atoms with Crippen molar-refractivity contribution in [1.29, 1.82) is 0 Å². The second-order valence-corrected chi connectivity index (χ2v) is 8.56. The Labute approximate surface area is 139 Å². The van der Waals surface area contributed by atoms with Crippen molar-refractivity contribution in [3.8, 4) is 5.75 Å². The van der Waals surface area contributed by atoms with Gasteiger partial charge in [0.15, 0.2) is 0 Å². The smallest absolute Gasteiger partial charge is 0.208 e. The van der Waals surface area contributed by atoms with E-state index in [-0.39, 0.29) is 6.04 Å². The maximum atomic E-state index is 11.3. The first-order valence-electron chi connectivity index (χ1n) is 8.40. The zero-order chi connectivity index (χ0) is 16.3. The number of ether oxygens (including phenoxy) is 1. The Morgan fingerprint density at radius 1 is 1.22 bits per heavy atom. The van der Waals surface area contributed by atoms with Crippen LogP contribution in [-0.2, 0) is 16.4 Å². The van der Waals surface area contributed by atoms with Crippen molar-refractivity contribution in [2.24, 2.45) is 5.92 Å². The van der Waals surface area contributed by atoms with Crippen molar-refractivity contribution in [2.75, 3.05) is 32.5 Å². The molecule has 0 spiro atoms. The van der Waals surface area contributed by atoms with E-state index in [1.54, 1.807) is 0 Å². The van der Waals surface area contributed by atoms with Gasteiger partial charge in [0.2, 0.25) is 10.0 Å². The van der Waals surface area contributed by atoms with E-state index in [2.05, 4.69) is 27.8 Å². The molecule has 0 bridgehead atoms. The summed E-state index contributed by atoms with van der Waals surface area (Å²) in [7, 11) is -3.09. The van der Waals surface area contributed by atoms with Gasteiger partial charge in [-0.05, 0) is 56.3 Å². The molecule has 6 heteroatoms. The first kappa shape index (κ1) is 16.7. The molecular weight excluding hydrogens is 312 g/mol. The Kier molecular flexibility index (Phi) is 5.24. The van der Waals surface area contributed by atoms with Gasteiger partial charge in [-0.3, -0.25) is 0 Å². The number of rotatable bonds is 4. The summed E-state index contributed by atoms with van der Waals surface area (Å²) in [6.07, 6.45) is 5.18. The highest BCUT2D eigenvalue weighted by Crippen LogP contribution is 2.27. The normalized spacial score (nSPS) is 23.8. The molecule has 0 aliphatic carbocycles. The molecule has 0 amide bonds. The first-order valence-corrected chi connectivity index (χ1v) is 10.3. The summed E-state index contributed by atoms with van der Waals surface area (Å²) in [5.74, 6) is 1.64. The number of hydrogen-bond acceptors (Lipinski definition) is 4. The molecule has 128 valence electrons. The minimum atomic E-state index is -3.09. The predicted molar refractivity (Wildman–Crippen MR) is 91.2 cm³/mol. The van der Waals surface area contributed by atoms with E-state index < -0.39 is 10.0 Å². The number of fused-ring (bicyclic) bond motifs is 1. The van der Waals surface area contributed by atoms with E-state index in [1.807, 2.05) is 6.07 Å². The Morgan fingerprint density at radius 3 is 2.70 bits per heavy atom. The molecule has 2 aliphatic rings. The van der Waals surface area contributed by atoms with E-state index in [9.17, 15) is 8.42 Å². The van der Waals surface area contributed by atoms with Crippen molar-refractivity contribution in [1.82, 2.24) is 9.62 Å². The maximum absolute atomic E-state index is 11.3. The zero-order valence-corrected chi connectivity index (χ0v) is 14.5.